The van der Waals surface area contributed by atoms with Gasteiger partial charge in [0.1, 0.15) is 54.1 Å². The van der Waals surface area contributed by atoms with Crippen molar-refractivity contribution < 1.29 is 78.0 Å². The summed E-state index contributed by atoms with van der Waals surface area (Å²) in [6, 6.07) is -8.91. The van der Waals surface area contributed by atoms with Crippen LogP contribution in [-0.4, -0.2) is 152 Å². The molecule has 0 fully saturated rings. The van der Waals surface area contributed by atoms with Gasteiger partial charge in [-0.05, 0) is 101 Å². The van der Waals surface area contributed by atoms with Gasteiger partial charge in [-0.1, -0.05) is 48.0 Å². The van der Waals surface area contributed by atoms with Crippen LogP contribution in [0.4, 0.5) is 0 Å². The number of carbonyl (C=O) groups is 12. The maximum absolute atomic E-state index is 13.9. The molecule has 1 aromatic rings. The summed E-state index contributed by atoms with van der Waals surface area (Å²) in [7, 11) is 0. The topological polar surface area (TPSA) is 420 Å². The number of nitrogens with two attached hydrogens (primary N) is 1. The number of carbonyl (C=O) groups excluding carboxylic acids is 10. The standard InChI is InChI=1S/C45H68I2N10O16/c1-10-20(6)35(43(70)53-28(15-31(48)60)40(67)52-29(16-33(62)63)41(68)54-30(45(72)73)11-18(2)3)57-42(69)34(19(4)5)56-44(71)36(22(8)58)55-32(61)17-49-38(65)21(7)50-39(66)27(51-23(9)59)14-24-12-25(46)37(64)26(47)13-24/h12-13,18-22,27-30,34-36,58,64H,10-11,14-17H2,1-9H3,(H2,48,60)(H,49,65)(H,50,66)(H,51,59)(H,52,67)(H,53,70)(H,54,68)(H,55,61)(H,56,71)(H,57,69)(H,62,63)(H,72,73)/t20-,21-,22+,27-,28-,29-,30-,34-,35-,36-/m0/s1. The predicted molar refractivity (Wildman–Crippen MR) is 276 cm³/mol. The molecule has 0 saturated heterocycles. The van der Waals surface area contributed by atoms with Crippen molar-refractivity contribution in [2.45, 2.75) is 149 Å². The van der Waals surface area contributed by atoms with E-state index in [-0.39, 0.29) is 30.9 Å². The average Bonchev–Trinajstić information content (AvgIpc) is 3.27. The lowest BCUT2D eigenvalue weighted by Crippen LogP contribution is -2.62. The summed E-state index contributed by atoms with van der Waals surface area (Å²) in [5.41, 5.74) is 5.97. The lowest BCUT2D eigenvalue weighted by molar-refractivity contribution is -0.144. The molecule has 0 heterocycles. The van der Waals surface area contributed by atoms with E-state index in [4.69, 9.17) is 5.73 Å². The molecule has 73 heavy (non-hydrogen) atoms. The Hall–Kier alpha value is -5.92. The van der Waals surface area contributed by atoms with Crippen LogP contribution in [0, 0.1) is 24.9 Å². The number of primary amides is 1. The number of nitrogens with one attached hydrogen (secondary N) is 9. The second kappa shape index (κ2) is 31.0. The first-order chi connectivity index (χ1) is 33.8. The Morgan fingerprint density at radius 3 is 1.55 bits per heavy atom. The van der Waals surface area contributed by atoms with E-state index in [9.17, 15) is 78.0 Å². The number of benzene rings is 1. The van der Waals surface area contributed by atoms with Gasteiger partial charge in [0.25, 0.3) is 0 Å². The number of aliphatic carboxylic acids is 2. The maximum atomic E-state index is 13.9. The molecular weight excluding hydrogens is 1190 g/mol. The van der Waals surface area contributed by atoms with E-state index < -0.39 is 157 Å². The fraction of sp³-hybridized carbons (Fsp3) is 0.600. The van der Waals surface area contributed by atoms with Crippen molar-refractivity contribution in [1.29, 1.82) is 0 Å². The second-order valence-corrected chi connectivity index (χ2v) is 20.4. The average molecular weight is 1260 g/mol. The molecule has 0 aliphatic heterocycles. The summed E-state index contributed by atoms with van der Waals surface area (Å²) < 4.78 is 1.03. The number of halogens is 2. The summed E-state index contributed by atoms with van der Waals surface area (Å²) in [6.45, 7) is 12.6. The van der Waals surface area contributed by atoms with Crippen molar-refractivity contribution in [1.82, 2.24) is 47.9 Å². The fourth-order valence-electron chi connectivity index (χ4n) is 6.77. The first kappa shape index (κ1) is 65.1. The highest BCUT2D eigenvalue weighted by Gasteiger charge is 2.37. The van der Waals surface area contributed by atoms with E-state index in [0.717, 1.165) is 6.92 Å². The molecule has 0 aliphatic rings. The first-order valence-electron chi connectivity index (χ1n) is 23.0. The van der Waals surface area contributed by atoms with Gasteiger partial charge in [-0.25, -0.2) is 4.79 Å². The number of hydrogen-bond acceptors (Lipinski definition) is 14. The number of carboxylic acids is 2. The van der Waals surface area contributed by atoms with Gasteiger partial charge >= 0.3 is 11.9 Å². The monoisotopic (exact) mass is 1260 g/mol. The Morgan fingerprint density at radius 1 is 0.603 bits per heavy atom. The zero-order valence-electron chi connectivity index (χ0n) is 41.8. The van der Waals surface area contributed by atoms with Gasteiger partial charge in [0.15, 0.2) is 0 Å². The molecule has 28 heteroatoms. The Labute approximate surface area is 449 Å². The van der Waals surface area contributed by atoms with E-state index in [1.165, 1.54) is 27.7 Å². The van der Waals surface area contributed by atoms with Crippen LogP contribution in [-0.2, 0) is 64.0 Å². The highest BCUT2D eigenvalue weighted by molar-refractivity contribution is 14.1. The van der Waals surface area contributed by atoms with Crippen molar-refractivity contribution in [3.63, 3.8) is 0 Å². The molecule has 10 atom stereocenters. The lowest BCUT2D eigenvalue weighted by Gasteiger charge is -2.30. The number of hydrogen-bond donors (Lipinski definition) is 14. The lowest BCUT2D eigenvalue weighted by atomic mass is 9.95. The van der Waals surface area contributed by atoms with Crippen LogP contribution >= 0.6 is 45.2 Å². The summed E-state index contributed by atoms with van der Waals surface area (Å²) in [5.74, 6) is -14.2. The molecule has 0 spiro atoms. The number of aliphatic hydroxyl groups excluding tert-OH is 1. The molecule has 0 radical (unpaired) electrons. The fourth-order valence-corrected chi connectivity index (χ4v) is 8.67. The molecule has 0 saturated carbocycles. The number of phenols is 1. The largest absolute Gasteiger partial charge is 0.506 e. The van der Waals surface area contributed by atoms with Crippen LogP contribution in [0.15, 0.2) is 12.1 Å². The van der Waals surface area contributed by atoms with Crippen molar-refractivity contribution in [3.8, 4) is 5.75 Å². The highest BCUT2D eigenvalue weighted by Crippen LogP contribution is 2.28. The minimum atomic E-state index is -1.88. The van der Waals surface area contributed by atoms with Crippen LogP contribution in [0.3, 0.4) is 0 Å². The molecule has 1 aromatic carbocycles. The third-order valence-electron chi connectivity index (χ3n) is 10.9. The minimum absolute atomic E-state index is 0.00574. The molecule has 1 rings (SSSR count). The molecule has 10 amide bonds. The van der Waals surface area contributed by atoms with Crippen LogP contribution in [0.2, 0.25) is 0 Å². The smallest absolute Gasteiger partial charge is 0.326 e. The SMILES string of the molecule is CC[C@H](C)[C@H](NC(=O)[C@@H](NC(=O)[C@@H](NC(=O)CNC(=O)[C@H](C)NC(=O)[C@H](Cc1cc(I)c(O)c(I)c1)NC(C)=O)[C@@H](C)O)C(C)C)C(=O)N[C@@H](CC(N)=O)C(=O)N[C@@H](CC(=O)O)C(=O)N[C@@H](CC(C)C)C(=O)O. The predicted octanol–water partition coefficient (Wildman–Crippen LogP) is -2.26. The number of amides is 10. The van der Waals surface area contributed by atoms with Crippen LogP contribution in [0.5, 0.6) is 5.75 Å². The van der Waals surface area contributed by atoms with Crippen LogP contribution in [0.25, 0.3) is 0 Å². The Morgan fingerprint density at radius 2 is 1.08 bits per heavy atom. The number of phenolic OH excluding ortho intramolecular Hbond substituents is 1. The molecule has 0 bridgehead atoms. The molecule has 15 N–H and O–H groups in total. The number of carboxylic acid groups (broad SMARTS) is 2. The molecule has 0 aliphatic carbocycles. The molecule has 0 aromatic heterocycles. The molecule has 0 unspecified atom stereocenters. The zero-order chi connectivity index (χ0) is 56.2. The summed E-state index contributed by atoms with van der Waals surface area (Å²) in [6.07, 6.45) is -3.27. The number of aromatic hydroxyl groups is 1. The van der Waals surface area contributed by atoms with Crippen molar-refractivity contribution in [3.05, 3.63) is 24.8 Å². The van der Waals surface area contributed by atoms with Gasteiger partial charge in [0.2, 0.25) is 59.1 Å². The normalized spacial score (nSPS) is 15.2. The van der Waals surface area contributed by atoms with Gasteiger partial charge in [-0.3, -0.25) is 52.7 Å². The quantitative estimate of drug-likeness (QED) is 0.0362. The molecule has 408 valence electrons. The third kappa shape index (κ3) is 22.8. The molecule has 26 nitrogen and oxygen atoms in total. The van der Waals surface area contributed by atoms with Crippen molar-refractivity contribution in [2.75, 3.05) is 6.54 Å². The van der Waals surface area contributed by atoms with Crippen molar-refractivity contribution in [2.24, 2.45) is 23.5 Å². The Bertz CT molecular complexity index is 2190. The van der Waals surface area contributed by atoms with Gasteiger partial charge in [0, 0.05) is 13.3 Å². The Kier molecular flexibility index (Phi) is 27.6. The second-order valence-electron chi connectivity index (χ2n) is 18.1. The maximum Gasteiger partial charge on any atom is 0.326 e. The highest BCUT2D eigenvalue weighted by atomic mass is 127. The Balaban J connectivity index is 3.17. The van der Waals surface area contributed by atoms with Crippen LogP contribution in [0.1, 0.15) is 93.6 Å². The van der Waals surface area contributed by atoms with Crippen LogP contribution < -0.4 is 53.6 Å². The molecular formula is C45H68I2N10O16. The third-order valence-corrected chi connectivity index (χ3v) is 12.5. The first-order valence-corrected chi connectivity index (χ1v) is 25.2. The summed E-state index contributed by atoms with van der Waals surface area (Å²) in [5, 5.41) is 60.8. The van der Waals surface area contributed by atoms with Gasteiger partial charge in [-0.2, -0.15) is 0 Å². The minimum Gasteiger partial charge on any atom is -0.506 e. The van der Waals surface area contributed by atoms with E-state index in [1.54, 1.807) is 39.8 Å². The van der Waals surface area contributed by atoms with Gasteiger partial charge < -0.3 is 74.0 Å². The zero-order valence-corrected chi connectivity index (χ0v) is 46.2. The van der Waals surface area contributed by atoms with E-state index in [2.05, 4.69) is 47.9 Å². The van der Waals surface area contributed by atoms with Crippen molar-refractivity contribution >= 4 is 116 Å². The number of rotatable bonds is 30. The van der Waals surface area contributed by atoms with E-state index >= 15 is 0 Å². The number of aliphatic hydroxyl groups is 1. The summed E-state index contributed by atoms with van der Waals surface area (Å²) in [4.78, 5) is 155. The van der Waals surface area contributed by atoms with E-state index in [0.29, 0.717) is 12.7 Å². The van der Waals surface area contributed by atoms with Gasteiger partial charge in [0.05, 0.1) is 32.6 Å². The summed E-state index contributed by atoms with van der Waals surface area (Å²) >= 11 is 3.83. The van der Waals surface area contributed by atoms with Gasteiger partial charge in [-0.15, -0.1) is 0 Å². The van der Waals surface area contributed by atoms with E-state index in [1.807, 2.05) is 45.2 Å².